The molecule has 7 heteroatoms. The SMILES string of the molecule is CCCCCCCCCCCCCCCCOC(=O)CC[C@@H](C)[C@H]1CC[C@H]2[C@@H]3CCC4CC(OC(F)(F)c5ccc(N)cc5N)CC[C@]4(C)[C@H]3CC[C@]12C. The molecule has 0 aromatic heterocycles. The molecule has 0 aliphatic heterocycles. The van der Waals surface area contributed by atoms with E-state index in [1.54, 1.807) is 0 Å². The lowest BCUT2D eigenvalue weighted by Gasteiger charge is -2.61. The van der Waals surface area contributed by atoms with E-state index in [-0.39, 0.29) is 22.6 Å². The maximum atomic E-state index is 15.3. The molecule has 5 nitrogen and oxygen atoms in total. The second-order valence-corrected chi connectivity index (χ2v) is 19.1. The van der Waals surface area contributed by atoms with Gasteiger partial charge in [-0.15, -0.1) is 0 Å². The maximum Gasteiger partial charge on any atom is 0.385 e. The van der Waals surface area contributed by atoms with Crippen molar-refractivity contribution < 1.29 is 23.0 Å². The predicted molar refractivity (Wildman–Crippen MR) is 219 cm³/mol. The summed E-state index contributed by atoms with van der Waals surface area (Å²) in [5.41, 5.74) is 12.2. The fraction of sp³-hybridized carbons (Fsp3) is 0.851. The first-order chi connectivity index (χ1) is 25.9. The Morgan fingerprint density at radius 2 is 1.43 bits per heavy atom. The van der Waals surface area contributed by atoms with Crippen LogP contribution in [0, 0.1) is 46.3 Å². The van der Waals surface area contributed by atoms with Crippen LogP contribution in [-0.2, 0) is 20.4 Å². The number of carbonyl (C=O) groups is 1. The Kier molecular flexibility index (Phi) is 16.0. The standard InChI is InChI=1S/C47H78F2N2O3/c1-5-6-7-8-9-10-11-12-13-14-15-16-17-18-31-53-44(52)26-19-34(2)39-24-25-40-38-22-20-35-32-37(27-29-45(35,3)41(38)28-30-46(39,40)4)54-47(48,49)42-23-21-36(50)33-43(42)51/h21,23,33-35,37-41H,5-20,22,24-32,50-51H2,1-4H3/t34-,35?,37?,38+,39-,40+,41+,45+,46-/m1/s1. The zero-order chi connectivity index (χ0) is 38.8. The van der Waals surface area contributed by atoms with E-state index in [0.29, 0.717) is 66.6 Å². The van der Waals surface area contributed by atoms with Crippen LogP contribution in [-0.4, -0.2) is 18.7 Å². The van der Waals surface area contributed by atoms with Crippen LogP contribution in [0.15, 0.2) is 18.2 Å². The first kappa shape index (κ1) is 43.2. The molecule has 4 aliphatic carbocycles. The quantitative estimate of drug-likeness (QED) is 0.0699. The van der Waals surface area contributed by atoms with Crippen molar-refractivity contribution in [1.82, 2.24) is 0 Å². The first-order valence-corrected chi connectivity index (χ1v) is 22.8. The third-order valence-electron chi connectivity index (χ3n) is 15.6. The molecule has 0 heterocycles. The van der Waals surface area contributed by atoms with Gasteiger partial charge in [0, 0.05) is 17.8 Å². The number of benzene rings is 1. The van der Waals surface area contributed by atoms with E-state index in [4.69, 9.17) is 20.9 Å². The lowest BCUT2D eigenvalue weighted by molar-refractivity contribution is -0.285. The highest BCUT2D eigenvalue weighted by molar-refractivity contribution is 5.69. The van der Waals surface area contributed by atoms with Crippen molar-refractivity contribution in [2.75, 3.05) is 18.1 Å². The summed E-state index contributed by atoms with van der Waals surface area (Å²) < 4.78 is 41.9. The molecule has 0 spiro atoms. The third-order valence-corrected chi connectivity index (χ3v) is 15.6. The van der Waals surface area contributed by atoms with Crippen molar-refractivity contribution in [2.24, 2.45) is 46.3 Å². The first-order valence-electron chi connectivity index (χ1n) is 22.8. The van der Waals surface area contributed by atoms with E-state index >= 15 is 8.78 Å². The summed E-state index contributed by atoms with van der Waals surface area (Å²) in [6.45, 7) is 10.3. The van der Waals surface area contributed by atoms with Crippen LogP contribution in [0.1, 0.15) is 194 Å². The topological polar surface area (TPSA) is 87.6 Å². The van der Waals surface area contributed by atoms with Crippen molar-refractivity contribution in [3.63, 3.8) is 0 Å². The van der Waals surface area contributed by atoms with E-state index < -0.39 is 12.2 Å². The Morgan fingerprint density at radius 3 is 2.07 bits per heavy atom. The Morgan fingerprint density at radius 1 is 0.815 bits per heavy atom. The van der Waals surface area contributed by atoms with Crippen LogP contribution in [0.25, 0.3) is 0 Å². The number of ether oxygens (including phenoxy) is 2. The summed E-state index contributed by atoms with van der Waals surface area (Å²) in [5.74, 6) is 3.66. The molecule has 4 saturated carbocycles. The van der Waals surface area contributed by atoms with Crippen molar-refractivity contribution in [2.45, 2.75) is 200 Å². The van der Waals surface area contributed by atoms with Gasteiger partial charge in [0.1, 0.15) is 0 Å². The van der Waals surface area contributed by atoms with E-state index in [9.17, 15) is 4.79 Å². The fourth-order valence-corrected chi connectivity index (χ4v) is 12.5. The molecule has 0 saturated heterocycles. The minimum absolute atomic E-state index is 0.0134. The molecule has 4 aliphatic rings. The largest absolute Gasteiger partial charge is 0.466 e. The Balaban J connectivity index is 0.981. The highest BCUT2D eigenvalue weighted by atomic mass is 19.3. The number of hydrogen-bond acceptors (Lipinski definition) is 5. The molecular weight excluding hydrogens is 679 g/mol. The second kappa shape index (κ2) is 20.0. The van der Waals surface area contributed by atoms with Gasteiger partial charge in [-0.2, -0.15) is 8.78 Å². The molecule has 5 rings (SSSR count). The van der Waals surface area contributed by atoms with Gasteiger partial charge in [-0.3, -0.25) is 4.79 Å². The summed E-state index contributed by atoms with van der Waals surface area (Å²) in [4.78, 5) is 12.7. The Hall–Kier alpha value is -1.89. The van der Waals surface area contributed by atoms with Crippen LogP contribution in [0.4, 0.5) is 20.2 Å². The lowest BCUT2D eigenvalue weighted by atomic mass is 9.44. The van der Waals surface area contributed by atoms with E-state index in [0.717, 1.165) is 38.0 Å². The summed E-state index contributed by atoms with van der Waals surface area (Å²) in [5, 5.41) is 0. The Labute approximate surface area is 328 Å². The number of rotatable bonds is 22. The lowest BCUT2D eigenvalue weighted by Crippen LogP contribution is -2.54. The van der Waals surface area contributed by atoms with E-state index in [1.807, 2.05) is 0 Å². The zero-order valence-corrected chi connectivity index (χ0v) is 34.8. The van der Waals surface area contributed by atoms with Crippen molar-refractivity contribution >= 4 is 17.3 Å². The maximum absolute atomic E-state index is 15.3. The van der Waals surface area contributed by atoms with Gasteiger partial charge >= 0.3 is 12.1 Å². The molecule has 308 valence electrons. The molecule has 4 N–H and O–H groups in total. The molecule has 9 atom stereocenters. The van der Waals surface area contributed by atoms with E-state index in [1.165, 1.54) is 127 Å². The van der Waals surface area contributed by atoms with Gasteiger partial charge in [-0.05, 0) is 135 Å². The average Bonchev–Trinajstić information content (AvgIpc) is 3.49. The number of alkyl halides is 2. The molecule has 1 aromatic rings. The second-order valence-electron chi connectivity index (χ2n) is 19.1. The summed E-state index contributed by atoms with van der Waals surface area (Å²) in [6.07, 6.45) is 25.8. The summed E-state index contributed by atoms with van der Waals surface area (Å²) in [6, 6.07) is 4.14. The number of hydrogen-bond donors (Lipinski definition) is 2. The molecule has 2 unspecified atom stereocenters. The van der Waals surface area contributed by atoms with Gasteiger partial charge in [-0.25, -0.2) is 0 Å². The number of unbranched alkanes of at least 4 members (excludes halogenated alkanes) is 13. The van der Waals surface area contributed by atoms with Crippen LogP contribution in [0.5, 0.6) is 0 Å². The van der Waals surface area contributed by atoms with Gasteiger partial charge in [-0.1, -0.05) is 111 Å². The van der Waals surface area contributed by atoms with E-state index in [2.05, 4.69) is 27.7 Å². The molecule has 0 amide bonds. The number of anilines is 2. The highest BCUT2D eigenvalue weighted by Gasteiger charge is 2.61. The number of nitrogen functional groups attached to an aromatic ring is 2. The third kappa shape index (κ3) is 10.7. The van der Waals surface area contributed by atoms with Crippen molar-refractivity contribution in [3.8, 4) is 0 Å². The van der Waals surface area contributed by atoms with Gasteiger partial charge in [0.25, 0.3) is 0 Å². The minimum Gasteiger partial charge on any atom is -0.466 e. The monoisotopic (exact) mass is 757 g/mol. The molecule has 0 radical (unpaired) electrons. The normalized spacial score (nSPS) is 31.4. The van der Waals surface area contributed by atoms with Gasteiger partial charge in [0.2, 0.25) is 0 Å². The molecule has 54 heavy (non-hydrogen) atoms. The van der Waals surface area contributed by atoms with Gasteiger partial charge in [0.05, 0.1) is 18.3 Å². The molecular formula is C47H78F2N2O3. The van der Waals surface area contributed by atoms with Crippen LogP contribution >= 0.6 is 0 Å². The summed E-state index contributed by atoms with van der Waals surface area (Å²) >= 11 is 0. The van der Waals surface area contributed by atoms with Gasteiger partial charge < -0.3 is 20.9 Å². The van der Waals surface area contributed by atoms with Crippen LogP contribution in [0.3, 0.4) is 0 Å². The predicted octanol–water partition coefficient (Wildman–Crippen LogP) is 13.4. The Bertz CT molecular complexity index is 1310. The summed E-state index contributed by atoms with van der Waals surface area (Å²) in [7, 11) is 0. The number of nitrogens with two attached hydrogens (primary N) is 2. The average molecular weight is 757 g/mol. The van der Waals surface area contributed by atoms with Crippen molar-refractivity contribution in [1.29, 1.82) is 0 Å². The smallest absolute Gasteiger partial charge is 0.385 e. The molecule has 0 bridgehead atoms. The number of esters is 1. The van der Waals surface area contributed by atoms with Crippen molar-refractivity contribution in [3.05, 3.63) is 23.8 Å². The van der Waals surface area contributed by atoms with Gasteiger partial charge in [0.15, 0.2) is 0 Å². The zero-order valence-electron chi connectivity index (χ0n) is 34.8. The number of halogens is 2. The van der Waals surface area contributed by atoms with Crippen LogP contribution in [0.2, 0.25) is 0 Å². The highest BCUT2D eigenvalue weighted by Crippen LogP contribution is 2.68. The number of carbonyl (C=O) groups excluding carboxylic acids is 1. The molecule has 1 aromatic carbocycles. The molecule has 4 fully saturated rings. The van der Waals surface area contributed by atoms with Crippen LogP contribution < -0.4 is 11.5 Å². The minimum atomic E-state index is -3.43. The fourth-order valence-electron chi connectivity index (χ4n) is 12.5. The number of fused-ring (bicyclic) bond motifs is 5.